The van der Waals surface area contributed by atoms with E-state index in [2.05, 4.69) is 15.6 Å². The lowest BCUT2D eigenvalue weighted by Crippen LogP contribution is -2.47. The molecule has 10 heteroatoms. The average molecular weight is 409 g/mol. The van der Waals surface area contributed by atoms with Gasteiger partial charge in [0.25, 0.3) is 0 Å². The number of guanidine groups is 1. The van der Waals surface area contributed by atoms with E-state index in [0.717, 1.165) is 0 Å². The highest BCUT2D eigenvalue weighted by Gasteiger charge is 2.34. The number of amides is 1. The molecule has 0 radical (unpaired) electrons. The molecule has 1 aliphatic rings. The fourth-order valence-electron chi connectivity index (χ4n) is 2.95. The second-order valence-corrected chi connectivity index (χ2v) is 8.40. The maximum Gasteiger partial charge on any atom is 0.410 e. The van der Waals surface area contributed by atoms with Crippen LogP contribution in [0.1, 0.15) is 34.1 Å². The summed E-state index contributed by atoms with van der Waals surface area (Å²) < 4.78 is 42.8. The van der Waals surface area contributed by atoms with Gasteiger partial charge in [-0.1, -0.05) is 6.92 Å². The number of nitrogens with one attached hydrogen (secondary N) is 2. The minimum atomic E-state index is -4.18. The largest absolute Gasteiger partial charge is 0.444 e. The molecule has 2 unspecified atom stereocenters. The first-order valence-corrected chi connectivity index (χ1v) is 9.49. The summed E-state index contributed by atoms with van der Waals surface area (Å²) in [4.78, 5) is 19.1. The Balaban J connectivity index is 2.37. The van der Waals surface area contributed by atoms with Crippen molar-refractivity contribution in [3.63, 3.8) is 0 Å². The third-order valence-electron chi connectivity index (χ3n) is 4.15. The smallest absolute Gasteiger partial charge is 0.410 e. The van der Waals surface area contributed by atoms with Crippen LogP contribution in [-0.2, 0) is 4.74 Å². The molecule has 0 saturated carbocycles. The van der Waals surface area contributed by atoms with Gasteiger partial charge in [0.1, 0.15) is 5.60 Å². The molecule has 0 aromatic carbocycles. The van der Waals surface area contributed by atoms with E-state index < -0.39 is 18.3 Å². The van der Waals surface area contributed by atoms with Gasteiger partial charge in [0, 0.05) is 46.3 Å². The Morgan fingerprint density at radius 3 is 2.54 bits per heavy atom. The number of likely N-dealkylation sites (tertiary alicyclic amines) is 1. The minimum absolute atomic E-state index is 0.0757. The van der Waals surface area contributed by atoms with E-state index in [1.165, 1.54) is 9.80 Å². The molecule has 0 aromatic rings. The number of rotatable bonds is 6. The van der Waals surface area contributed by atoms with E-state index in [0.29, 0.717) is 38.6 Å². The maximum atomic E-state index is 12.5. The Bertz CT molecular complexity index is 534. The molecule has 1 fully saturated rings. The van der Waals surface area contributed by atoms with Crippen molar-refractivity contribution in [3.8, 4) is 0 Å². The van der Waals surface area contributed by atoms with Crippen LogP contribution in [0.4, 0.5) is 18.0 Å². The molecule has 28 heavy (non-hydrogen) atoms. The summed E-state index contributed by atoms with van der Waals surface area (Å²) in [6, 6.07) is -0.0757. The molecule has 164 valence electrons. The molecule has 1 aliphatic heterocycles. The summed E-state index contributed by atoms with van der Waals surface area (Å²) in [5.74, 6) is 0.673. The van der Waals surface area contributed by atoms with Crippen molar-refractivity contribution in [1.82, 2.24) is 20.4 Å². The molecule has 0 spiro atoms. The van der Waals surface area contributed by atoms with Crippen molar-refractivity contribution in [2.75, 3.05) is 46.8 Å². The zero-order chi connectivity index (χ0) is 21.5. The molecule has 0 aliphatic carbocycles. The van der Waals surface area contributed by atoms with E-state index in [9.17, 15) is 18.0 Å². The molecule has 1 heterocycles. The normalized spacial score (nSPS) is 20.0. The van der Waals surface area contributed by atoms with Gasteiger partial charge in [-0.25, -0.2) is 4.79 Å². The van der Waals surface area contributed by atoms with E-state index in [1.807, 2.05) is 27.7 Å². The summed E-state index contributed by atoms with van der Waals surface area (Å²) in [5.41, 5.74) is -0.542. The summed E-state index contributed by atoms with van der Waals surface area (Å²) in [7, 11) is 3.31. The number of hydrogen-bond acceptors (Lipinski definition) is 4. The van der Waals surface area contributed by atoms with Crippen LogP contribution in [0, 0.1) is 5.92 Å². The molecule has 0 bridgehead atoms. The zero-order valence-electron chi connectivity index (χ0n) is 17.7. The third-order valence-corrected chi connectivity index (χ3v) is 4.15. The summed E-state index contributed by atoms with van der Waals surface area (Å²) in [5, 5.41) is 6.34. The van der Waals surface area contributed by atoms with Gasteiger partial charge < -0.3 is 20.3 Å². The molecular weight excluding hydrogens is 375 g/mol. The van der Waals surface area contributed by atoms with Crippen molar-refractivity contribution in [2.24, 2.45) is 10.9 Å². The number of carbonyl (C=O) groups excluding carboxylic acids is 1. The Kier molecular flexibility index (Phi) is 8.84. The van der Waals surface area contributed by atoms with Crippen LogP contribution in [-0.4, -0.2) is 86.5 Å². The maximum absolute atomic E-state index is 12.5. The van der Waals surface area contributed by atoms with E-state index in [1.54, 1.807) is 14.1 Å². The molecule has 1 amide bonds. The monoisotopic (exact) mass is 409 g/mol. The molecule has 2 atom stereocenters. The Labute approximate surface area is 165 Å². The number of alkyl halides is 3. The van der Waals surface area contributed by atoms with E-state index >= 15 is 0 Å². The van der Waals surface area contributed by atoms with Gasteiger partial charge in [-0.15, -0.1) is 0 Å². The highest BCUT2D eigenvalue weighted by molar-refractivity contribution is 5.80. The third kappa shape index (κ3) is 10.0. The molecular formula is C18H34F3N5O2. The molecule has 7 nitrogen and oxygen atoms in total. The Hall–Kier alpha value is -1.71. The van der Waals surface area contributed by atoms with E-state index in [-0.39, 0.29) is 18.1 Å². The second-order valence-electron chi connectivity index (χ2n) is 8.40. The number of ether oxygens (including phenoxy) is 1. The first-order chi connectivity index (χ1) is 12.8. The van der Waals surface area contributed by atoms with Crippen LogP contribution >= 0.6 is 0 Å². The van der Waals surface area contributed by atoms with Gasteiger partial charge in [-0.05, 0) is 33.1 Å². The van der Waals surface area contributed by atoms with Crippen molar-refractivity contribution >= 4 is 12.1 Å². The van der Waals surface area contributed by atoms with Gasteiger partial charge in [-0.3, -0.25) is 9.89 Å². The molecule has 0 aromatic heterocycles. The van der Waals surface area contributed by atoms with Gasteiger partial charge >= 0.3 is 12.3 Å². The quantitative estimate of drug-likeness (QED) is 0.520. The van der Waals surface area contributed by atoms with Crippen LogP contribution in [0.5, 0.6) is 0 Å². The highest BCUT2D eigenvalue weighted by atomic mass is 19.4. The lowest BCUT2D eigenvalue weighted by Gasteiger charge is -2.27. The number of hydrogen-bond donors (Lipinski definition) is 2. The highest BCUT2D eigenvalue weighted by Crippen LogP contribution is 2.19. The second kappa shape index (κ2) is 10.2. The number of halogens is 3. The standard InChI is InChI=1S/C18H34F3N5O2/c1-13(10-25(6)16(27)28-17(2,3)4)9-23-15(22-5)24-14-7-8-26(11-14)12-18(19,20)21/h13-14H,7-12H2,1-6H3,(H2,22,23,24). The van der Waals surface area contributed by atoms with Gasteiger partial charge in [0.15, 0.2) is 5.96 Å². The number of carbonyl (C=O) groups is 1. The van der Waals surface area contributed by atoms with E-state index in [4.69, 9.17) is 4.74 Å². The topological polar surface area (TPSA) is 69.2 Å². The van der Waals surface area contributed by atoms with Crippen molar-refractivity contribution in [1.29, 1.82) is 0 Å². The zero-order valence-corrected chi connectivity index (χ0v) is 17.7. The lowest BCUT2D eigenvalue weighted by molar-refractivity contribution is -0.143. The SMILES string of the molecule is CN=C(NCC(C)CN(C)C(=O)OC(C)(C)C)NC1CCN(CC(F)(F)F)C1. The number of aliphatic imine (C=N–C) groups is 1. The first-order valence-electron chi connectivity index (χ1n) is 9.49. The average Bonchev–Trinajstić information content (AvgIpc) is 2.94. The van der Waals surface area contributed by atoms with Crippen molar-refractivity contribution in [2.45, 2.75) is 51.9 Å². The van der Waals surface area contributed by atoms with Gasteiger partial charge in [-0.2, -0.15) is 13.2 Å². The fraction of sp³-hybridized carbons (Fsp3) is 0.889. The van der Waals surface area contributed by atoms with Crippen LogP contribution in [0.15, 0.2) is 4.99 Å². The summed E-state index contributed by atoms with van der Waals surface area (Å²) in [6.45, 7) is 8.36. The first kappa shape index (κ1) is 24.3. The number of nitrogens with zero attached hydrogens (tertiary/aromatic N) is 3. The van der Waals surface area contributed by atoms with Gasteiger partial charge in [0.05, 0.1) is 6.54 Å². The Morgan fingerprint density at radius 2 is 2.00 bits per heavy atom. The lowest BCUT2D eigenvalue weighted by atomic mass is 10.1. The minimum Gasteiger partial charge on any atom is -0.444 e. The fourth-order valence-corrected chi connectivity index (χ4v) is 2.95. The van der Waals surface area contributed by atoms with Crippen LogP contribution < -0.4 is 10.6 Å². The summed E-state index contributed by atoms with van der Waals surface area (Å²) in [6.07, 6.45) is -3.92. The molecule has 1 saturated heterocycles. The summed E-state index contributed by atoms with van der Waals surface area (Å²) >= 11 is 0. The Morgan fingerprint density at radius 1 is 1.36 bits per heavy atom. The van der Waals surface area contributed by atoms with Crippen LogP contribution in [0.2, 0.25) is 0 Å². The predicted octanol–water partition coefficient (Wildman–Crippen LogP) is 2.29. The molecule has 2 N–H and O–H groups in total. The van der Waals surface area contributed by atoms with Crippen LogP contribution in [0.3, 0.4) is 0 Å². The van der Waals surface area contributed by atoms with Crippen molar-refractivity contribution < 1.29 is 22.7 Å². The molecule has 1 rings (SSSR count). The predicted molar refractivity (Wildman–Crippen MR) is 103 cm³/mol. The van der Waals surface area contributed by atoms with Crippen LogP contribution in [0.25, 0.3) is 0 Å². The van der Waals surface area contributed by atoms with Gasteiger partial charge in [0.2, 0.25) is 0 Å². The van der Waals surface area contributed by atoms with Crippen molar-refractivity contribution in [3.05, 3.63) is 0 Å².